The van der Waals surface area contributed by atoms with E-state index in [-0.39, 0.29) is 0 Å². The predicted octanol–water partition coefficient (Wildman–Crippen LogP) is -0.222. The molecule has 0 amide bonds. The second-order valence-corrected chi connectivity index (χ2v) is 2.06. The van der Waals surface area contributed by atoms with Crippen LogP contribution in [0.15, 0.2) is 0 Å². The summed E-state index contributed by atoms with van der Waals surface area (Å²) >= 11 is 0. The summed E-state index contributed by atoms with van der Waals surface area (Å²) in [6, 6.07) is 0. The van der Waals surface area contributed by atoms with Crippen LogP contribution in [-0.4, -0.2) is 18.3 Å². The van der Waals surface area contributed by atoms with E-state index in [2.05, 4.69) is 0 Å². The van der Waals surface area contributed by atoms with Gasteiger partial charge in [0, 0.05) is 0 Å². The lowest BCUT2D eigenvalue weighted by molar-refractivity contribution is 0.492. The molecule has 0 saturated heterocycles. The van der Waals surface area contributed by atoms with E-state index in [1.165, 1.54) is 0 Å². The van der Waals surface area contributed by atoms with Crippen LogP contribution >= 0.6 is 0 Å². The molecule has 0 aliphatic rings. The molecular weight excluding hydrogens is 125 g/mol. The molecule has 0 aromatic heterocycles. The third kappa shape index (κ3) is 2.24. The van der Waals surface area contributed by atoms with E-state index >= 15 is 0 Å². The third-order valence-corrected chi connectivity index (χ3v) is 0.679. The second kappa shape index (κ2) is 1.55. The zero-order valence-corrected chi connectivity index (χ0v) is 3.87. The van der Waals surface area contributed by atoms with Crippen molar-refractivity contribution in [3.63, 3.8) is 0 Å². The minimum absolute atomic E-state index is 2.23. The standard InChI is InChI=1S/CH2FNO3S/c2-1(3)7(4,5)6/h3H,(H,4,5,6). The topological polar surface area (TPSA) is 78.2 Å². The molecule has 0 radical (unpaired) electrons. The van der Waals surface area contributed by atoms with E-state index in [4.69, 9.17) is 9.96 Å². The summed E-state index contributed by atoms with van der Waals surface area (Å²) in [5.74, 6) is 0. The van der Waals surface area contributed by atoms with E-state index < -0.39 is 15.4 Å². The van der Waals surface area contributed by atoms with Crippen molar-refractivity contribution >= 4 is 15.4 Å². The smallest absolute Gasteiger partial charge is 0.279 e. The van der Waals surface area contributed by atoms with Gasteiger partial charge in [0.1, 0.15) is 0 Å². The second-order valence-electron chi connectivity index (χ2n) is 0.749. The van der Waals surface area contributed by atoms with Crippen molar-refractivity contribution in [3.05, 3.63) is 0 Å². The molecule has 0 atom stereocenters. The summed E-state index contributed by atoms with van der Waals surface area (Å²) in [5, 5.41) is 3.41. The lowest BCUT2D eigenvalue weighted by atomic mass is 11.6. The molecule has 6 heteroatoms. The zero-order valence-electron chi connectivity index (χ0n) is 3.05. The van der Waals surface area contributed by atoms with Crippen molar-refractivity contribution in [1.29, 1.82) is 5.41 Å². The van der Waals surface area contributed by atoms with Crippen LogP contribution in [-0.2, 0) is 10.1 Å². The first-order valence-corrected chi connectivity index (χ1v) is 2.60. The lowest BCUT2D eigenvalue weighted by Crippen LogP contribution is -2.04. The summed E-state index contributed by atoms with van der Waals surface area (Å²) in [5.41, 5.74) is 0. The van der Waals surface area contributed by atoms with E-state index in [1.54, 1.807) is 0 Å². The first-order chi connectivity index (χ1) is 2.94. The molecule has 0 saturated carbocycles. The van der Waals surface area contributed by atoms with E-state index in [0.717, 1.165) is 0 Å². The van der Waals surface area contributed by atoms with Gasteiger partial charge in [0.15, 0.2) is 0 Å². The number of rotatable bonds is 0. The fourth-order valence-electron chi connectivity index (χ4n) is 0. The highest BCUT2D eigenvalue weighted by Crippen LogP contribution is 1.83. The predicted molar refractivity (Wildman–Crippen MR) is 20.4 cm³/mol. The lowest BCUT2D eigenvalue weighted by Gasteiger charge is -1.79. The monoisotopic (exact) mass is 127 g/mol. The molecule has 0 aromatic rings. The number of hydrogen-bond donors (Lipinski definition) is 2. The first-order valence-electron chi connectivity index (χ1n) is 1.16. The minimum atomic E-state index is -4.82. The van der Waals surface area contributed by atoms with Crippen LogP contribution in [0.3, 0.4) is 0 Å². The Morgan fingerprint density at radius 1 is 1.71 bits per heavy atom. The Hall–Kier alpha value is -0.490. The van der Waals surface area contributed by atoms with Gasteiger partial charge >= 0.3 is 15.4 Å². The first kappa shape index (κ1) is 6.51. The molecule has 0 aliphatic carbocycles. The average molecular weight is 127 g/mol. The van der Waals surface area contributed by atoms with Crippen LogP contribution in [0.4, 0.5) is 4.39 Å². The largest absolute Gasteiger partial charge is 0.339 e. The SMILES string of the molecule is N=C(F)S(=O)(=O)O. The van der Waals surface area contributed by atoms with Gasteiger partial charge in [-0.05, 0) is 0 Å². The Balaban J connectivity index is 4.43. The maximum Gasteiger partial charge on any atom is 0.339 e. The molecule has 2 N–H and O–H groups in total. The Morgan fingerprint density at radius 2 is 1.86 bits per heavy atom. The molecule has 0 bridgehead atoms. The van der Waals surface area contributed by atoms with E-state index in [0.29, 0.717) is 0 Å². The van der Waals surface area contributed by atoms with Crippen LogP contribution in [0.1, 0.15) is 0 Å². The zero-order chi connectivity index (χ0) is 6.08. The average Bonchev–Trinajstić information content (AvgIpc) is 1.31. The molecule has 0 spiro atoms. The highest BCUT2D eigenvalue weighted by Gasteiger charge is 2.10. The molecular formula is CH2FNO3S. The Labute approximate surface area is 39.2 Å². The van der Waals surface area contributed by atoms with Crippen molar-refractivity contribution in [1.82, 2.24) is 0 Å². The van der Waals surface area contributed by atoms with E-state index in [1.807, 2.05) is 0 Å². The van der Waals surface area contributed by atoms with Crippen molar-refractivity contribution in [2.45, 2.75) is 0 Å². The number of hydrogen-bond acceptors (Lipinski definition) is 3. The normalized spacial score (nSPS) is 11.1. The number of nitrogens with one attached hydrogen (secondary N) is 1. The Kier molecular flexibility index (Phi) is 1.44. The van der Waals surface area contributed by atoms with Crippen LogP contribution in [0.25, 0.3) is 0 Å². The summed E-state index contributed by atoms with van der Waals surface area (Å²) < 4.78 is 37.0. The highest BCUT2D eigenvalue weighted by atomic mass is 32.2. The molecule has 7 heavy (non-hydrogen) atoms. The summed E-state index contributed by atoms with van der Waals surface area (Å²) in [7, 11) is -4.82. The Bertz CT molecular complexity index is 169. The molecule has 42 valence electrons. The van der Waals surface area contributed by atoms with Crippen LogP contribution in [0, 0.1) is 5.41 Å². The van der Waals surface area contributed by atoms with Gasteiger partial charge in [-0.15, -0.1) is 0 Å². The van der Waals surface area contributed by atoms with Gasteiger partial charge in [0.05, 0.1) is 0 Å². The maximum atomic E-state index is 11.0. The molecule has 0 fully saturated rings. The van der Waals surface area contributed by atoms with Crippen molar-refractivity contribution in [2.24, 2.45) is 0 Å². The van der Waals surface area contributed by atoms with Crippen LogP contribution in [0.2, 0.25) is 0 Å². The Morgan fingerprint density at radius 3 is 1.86 bits per heavy atom. The van der Waals surface area contributed by atoms with Crippen LogP contribution < -0.4 is 0 Å². The van der Waals surface area contributed by atoms with Gasteiger partial charge in [-0.1, -0.05) is 0 Å². The number of halogens is 1. The maximum absolute atomic E-state index is 11.0. The van der Waals surface area contributed by atoms with Gasteiger partial charge < -0.3 is 0 Å². The van der Waals surface area contributed by atoms with Crippen molar-refractivity contribution < 1.29 is 17.4 Å². The summed E-state index contributed by atoms with van der Waals surface area (Å²) in [6.07, 6.45) is 0. The quantitative estimate of drug-likeness (QED) is 0.268. The van der Waals surface area contributed by atoms with Crippen molar-refractivity contribution in [2.75, 3.05) is 0 Å². The third-order valence-electron chi connectivity index (χ3n) is 0.226. The van der Waals surface area contributed by atoms with Gasteiger partial charge in [-0.3, -0.25) is 9.96 Å². The molecule has 0 unspecified atom stereocenters. The summed E-state index contributed by atoms with van der Waals surface area (Å²) in [4.78, 5) is 0. The molecule has 4 nitrogen and oxygen atoms in total. The molecule has 0 rings (SSSR count). The fraction of sp³-hybridized carbons (Fsp3) is 0. The fourth-order valence-corrected chi connectivity index (χ4v) is 0. The van der Waals surface area contributed by atoms with Gasteiger partial charge in [0.2, 0.25) is 0 Å². The van der Waals surface area contributed by atoms with Gasteiger partial charge in [-0.25, -0.2) is 0 Å². The molecule has 0 heterocycles. The van der Waals surface area contributed by atoms with Crippen molar-refractivity contribution in [3.8, 4) is 0 Å². The van der Waals surface area contributed by atoms with Gasteiger partial charge in [0.25, 0.3) is 0 Å². The minimum Gasteiger partial charge on any atom is -0.279 e. The summed E-state index contributed by atoms with van der Waals surface area (Å²) in [6.45, 7) is 0. The molecule has 0 aliphatic heterocycles. The van der Waals surface area contributed by atoms with Crippen LogP contribution in [0.5, 0.6) is 0 Å². The highest BCUT2D eigenvalue weighted by molar-refractivity contribution is 8.00. The van der Waals surface area contributed by atoms with Gasteiger partial charge in [-0.2, -0.15) is 12.8 Å². The van der Waals surface area contributed by atoms with E-state index in [9.17, 15) is 12.8 Å². The molecule has 0 aromatic carbocycles.